The molecule has 1 aliphatic rings. The molecule has 0 saturated carbocycles. The second kappa shape index (κ2) is 11.5. The standard InChI is InChI=1S/C25H31BrN2O5/c1-25(2,3)33-23(29)27-14-13-21-16-31-17-22(19-9-11-20(26)12-10-19)28(21)24(30)32-15-18-7-5-4-6-8-18/h4-12,21-22H,13-17H2,1-3H3,(H,27,29)/t21-,22-/m0/s1. The van der Waals surface area contributed by atoms with Crippen LogP contribution in [0.5, 0.6) is 0 Å². The molecule has 8 heteroatoms. The van der Waals surface area contributed by atoms with Gasteiger partial charge in [0.2, 0.25) is 0 Å². The largest absolute Gasteiger partial charge is 0.445 e. The molecule has 1 heterocycles. The summed E-state index contributed by atoms with van der Waals surface area (Å²) in [6.45, 7) is 6.71. The van der Waals surface area contributed by atoms with Gasteiger partial charge in [0.05, 0.1) is 25.3 Å². The van der Waals surface area contributed by atoms with Crippen molar-refractivity contribution < 1.29 is 23.8 Å². The lowest BCUT2D eigenvalue weighted by Crippen LogP contribution is -2.51. The van der Waals surface area contributed by atoms with Crippen molar-refractivity contribution in [2.24, 2.45) is 0 Å². The van der Waals surface area contributed by atoms with Crippen LogP contribution in [0.15, 0.2) is 59.1 Å². The number of hydrogen-bond acceptors (Lipinski definition) is 5. The van der Waals surface area contributed by atoms with Crippen LogP contribution in [0.1, 0.15) is 44.4 Å². The topological polar surface area (TPSA) is 77.1 Å². The second-order valence-corrected chi connectivity index (χ2v) is 9.84. The van der Waals surface area contributed by atoms with Crippen molar-refractivity contribution in [3.8, 4) is 0 Å². The van der Waals surface area contributed by atoms with E-state index < -0.39 is 17.8 Å². The number of halogens is 1. The normalized spacial score (nSPS) is 18.5. The van der Waals surface area contributed by atoms with E-state index in [1.54, 1.807) is 4.90 Å². The molecule has 0 aliphatic carbocycles. The molecule has 0 unspecified atom stereocenters. The van der Waals surface area contributed by atoms with E-state index in [1.165, 1.54) is 0 Å². The zero-order chi connectivity index (χ0) is 23.8. The summed E-state index contributed by atoms with van der Waals surface area (Å²) in [6, 6.07) is 16.8. The van der Waals surface area contributed by atoms with Gasteiger partial charge in [0.15, 0.2) is 0 Å². The summed E-state index contributed by atoms with van der Waals surface area (Å²) in [5, 5.41) is 2.76. The maximum Gasteiger partial charge on any atom is 0.411 e. The Morgan fingerprint density at radius 3 is 2.45 bits per heavy atom. The highest BCUT2D eigenvalue weighted by Gasteiger charge is 2.37. The van der Waals surface area contributed by atoms with Gasteiger partial charge in [0.1, 0.15) is 12.2 Å². The Morgan fingerprint density at radius 2 is 1.79 bits per heavy atom. The van der Waals surface area contributed by atoms with E-state index in [4.69, 9.17) is 14.2 Å². The molecular formula is C25H31BrN2O5. The number of amides is 2. The third-order valence-electron chi connectivity index (χ3n) is 5.13. The molecule has 1 fully saturated rings. The van der Waals surface area contributed by atoms with Gasteiger partial charge in [0.25, 0.3) is 0 Å². The molecule has 178 valence electrons. The number of nitrogens with one attached hydrogen (secondary N) is 1. The molecule has 0 aromatic heterocycles. The average Bonchev–Trinajstić information content (AvgIpc) is 2.77. The lowest BCUT2D eigenvalue weighted by molar-refractivity contribution is -0.0490. The van der Waals surface area contributed by atoms with Crippen molar-refractivity contribution >= 4 is 28.1 Å². The summed E-state index contributed by atoms with van der Waals surface area (Å²) in [6.07, 6.45) is -0.383. The fourth-order valence-electron chi connectivity index (χ4n) is 3.62. The molecule has 1 N–H and O–H groups in total. The lowest BCUT2D eigenvalue weighted by Gasteiger charge is -2.41. The minimum Gasteiger partial charge on any atom is -0.445 e. The Kier molecular flexibility index (Phi) is 8.74. The Balaban J connectivity index is 1.71. The van der Waals surface area contributed by atoms with Crippen LogP contribution in [0.4, 0.5) is 9.59 Å². The first kappa shape index (κ1) is 25.1. The van der Waals surface area contributed by atoms with Gasteiger partial charge in [-0.05, 0) is 50.5 Å². The van der Waals surface area contributed by atoms with Crippen LogP contribution in [0.25, 0.3) is 0 Å². The van der Waals surface area contributed by atoms with Crippen molar-refractivity contribution in [3.05, 3.63) is 70.2 Å². The summed E-state index contributed by atoms with van der Waals surface area (Å²) < 4.78 is 17.8. The molecule has 0 spiro atoms. The number of rotatable bonds is 6. The van der Waals surface area contributed by atoms with E-state index in [0.717, 1.165) is 15.6 Å². The minimum absolute atomic E-state index is 0.187. The van der Waals surface area contributed by atoms with Crippen LogP contribution < -0.4 is 5.32 Å². The quantitative estimate of drug-likeness (QED) is 0.550. The number of morpholine rings is 1. The van der Waals surface area contributed by atoms with Gasteiger partial charge in [-0.25, -0.2) is 9.59 Å². The van der Waals surface area contributed by atoms with Crippen LogP contribution in [0, 0.1) is 0 Å². The van der Waals surface area contributed by atoms with Crippen LogP contribution in [-0.2, 0) is 20.8 Å². The van der Waals surface area contributed by atoms with E-state index in [0.29, 0.717) is 26.2 Å². The maximum absolute atomic E-state index is 13.2. The maximum atomic E-state index is 13.2. The summed E-state index contributed by atoms with van der Waals surface area (Å²) in [4.78, 5) is 27.0. The van der Waals surface area contributed by atoms with Crippen molar-refractivity contribution in [2.75, 3.05) is 19.8 Å². The highest BCUT2D eigenvalue weighted by atomic mass is 79.9. The minimum atomic E-state index is -0.571. The Morgan fingerprint density at radius 1 is 1.09 bits per heavy atom. The number of benzene rings is 2. The predicted molar refractivity (Wildman–Crippen MR) is 129 cm³/mol. The van der Waals surface area contributed by atoms with Crippen molar-refractivity contribution in [1.82, 2.24) is 10.2 Å². The zero-order valence-corrected chi connectivity index (χ0v) is 20.8. The van der Waals surface area contributed by atoms with Gasteiger partial charge >= 0.3 is 12.2 Å². The highest BCUT2D eigenvalue weighted by Crippen LogP contribution is 2.30. The number of carbonyl (C=O) groups is 2. The number of nitrogens with zero attached hydrogens (tertiary/aromatic N) is 1. The summed E-state index contributed by atoms with van der Waals surface area (Å²) in [7, 11) is 0. The summed E-state index contributed by atoms with van der Waals surface area (Å²) >= 11 is 3.46. The molecule has 2 aromatic rings. The fourth-order valence-corrected chi connectivity index (χ4v) is 3.88. The number of carbonyl (C=O) groups excluding carboxylic acids is 2. The third kappa shape index (κ3) is 7.75. The summed E-state index contributed by atoms with van der Waals surface area (Å²) in [5.41, 5.74) is 1.31. The Bertz CT molecular complexity index is 915. The molecule has 1 saturated heterocycles. The molecule has 33 heavy (non-hydrogen) atoms. The summed E-state index contributed by atoms with van der Waals surface area (Å²) in [5.74, 6) is 0. The van der Waals surface area contributed by atoms with Crippen LogP contribution in [0.3, 0.4) is 0 Å². The number of ether oxygens (including phenoxy) is 3. The lowest BCUT2D eigenvalue weighted by atomic mass is 10.0. The SMILES string of the molecule is CC(C)(C)OC(=O)NCC[C@H]1COC[C@@H](c2ccc(Br)cc2)N1C(=O)OCc1ccccc1. The number of hydrogen-bond donors (Lipinski definition) is 1. The predicted octanol–water partition coefficient (Wildman–Crippen LogP) is 5.44. The van der Waals surface area contributed by atoms with Gasteiger partial charge < -0.3 is 19.5 Å². The molecule has 2 aromatic carbocycles. The van der Waals surface area contributed by atoms with Crippen molar-refractivity contribution in [3.63, 3.8) is 0 Å². The molecule has 2 amide bonds. The molecule has 1 aliphatic heterocycles. The van der Waals surface area contributed by atoms with Crippen LogP contribution >= 0.6 is 15.9 Å². The monoisotopic (exact) mass is 518 g/mol. The van der Waals surface area contributed by atoms with Gasteiger partial charge in [-0.15, -0.1) is 0 Å². The Labute approximate surface area is 203 Å². The fraction of sp³-hybridized carbons (Fsp3) is 0.440. The Hall–Kier alpha value is -2.58. The van der Waals surface area contributed by atoms with Crippen molar-refractivity contribution in [1.29, 1.82) is 0 Å². The average molecular weight is 519 g/mol. The van der Waals surface area contributed by atoms with Gasteiger partial charge in [-0.1, -0.05) is 58.4 Å². The van der Waals surface area contributed by atoms with E-state index >= 15 is 0 Å². The van der Waals surface area contributed by atoms with E-state index in [2.05, 4.69) is 21.2 Å². The molecule has 2 atom stereocenters. The third-order valence-corrected chi connectivity index (χ3v) is 5.66. The number of alkyl carbamates (subject to hydrolysis) is 1. The van der Waals surface area contributed by atoms with E-state index in [-0.39, 0.29) is 18.7 Å². The molecule has 3 rings (SSSR count). The van der Waals surface area contributed by atoms with Crippen LogP contribution in [0.2, 0.25) is 0 Å². The smallest absolute Gasteiger partial charge is 0.411 e. The highest BCUT2D eigenvalue weighted by molar-refractivity contribution is 9.10. The first-order chi connectivity index (χ1) is 15.7. The first-order valence-electron chi connectivity index (χ1n) is 11.0. The zero-order valence-electron chi connectivity index (χ0n) is 19.3. The second-order valence-electron chi connectivity index (χ2n) is 8.92. The van der Waals surface area contributed by atoms with E-state index in [9.17, 15) is 9.59 Å². The molecular weight excluding hydrogens is 488 g/mol. The van der Waals surface area contributed by atoms with Crippen LogP contribution in [-0.4, -0.2) is 48.5 Å². The molecule has 0 bridgehead atoms. The first-order valence-corrected chi connectivity index (χ1v) is 11.8. The van der Waals surface area contributed by atoms with Gasteiger partial charge in [-0.2, -0.15) is 0 Å². The van der Waals surface area contributed by atoms with Crippen molar-refractivity contribution in [2.45, 2.75) is 51.5 Å². The van der Waals surface area contributed by atoms with Gasteiger partial charge in [0, 0.05) is 11.0 Å². The van der Waals surface area contributed by atoms with Gasteiger partial charge in [-0.3, -0.25) is 4.90 Å². The molecule has 0 radical (unpaired) electrons. The molecule has 7 nitrogen and oxygen atoms in total. The van der Waals surface area contributed by atoms with E-state index in [1.807, 2.05) is 75.4 Å².